The molecular weight excluding hydrogens is 681 g/mol. The van der Waals surface area contributed by atoms with E-state index in [1.165, 1.54) is 66.0 Å². The molecule has 0 unspecified atom stereocenters. The van der Waals surface area contributed by atoms with Crippen molar-refractivity contribution in [2.45, 2.75) is 52.4 Å². The Morgan fingerprint density at radius 3 is 1.38 bits per heavy atom. The van der Waals surface area contributed by atoms with Crippen LogP contribution >= 0.6 is 0 Å². The zero-order chi connectivity index (χ0) is 38.3. The zero-order valence-electron chi connectivity index (χ0n) is 32.8. The lowest BCUT2D eigenvalue weighted by Gasteiger charge is -2.19. The van der Waals surface area contributed by atoms with Crippen LogP contribution < -0.4 is 0 Å². The van der Waals surface area contributed by atoms with Crippen molar-refractivity contribution in [2.24, 2.45) is 0 Å². The van der Waals surface area contributed by atoms with Crippen LogP contribution in [0.15, 0.2) is 158 Å². The zero-order valence-corrected chi connectivity index (χ0v) is 32.8. The van der Waals surface area contributed by atoms with Crippen molar-refractivity contribution < 1.29 is 0 Å². The summed E-state index contributed by atoms with van der Waals surface area (Å²) in [5.41, 5.74) is 14.2. The van der Waals surface area contributed by atoms with E-state index in [0.29, 0.717) is 0 Å². The van der Waals surface area contributed by atoms with Crippen LogP contribution in [-0.2, 0) is 10.8 Å². The fraction of sp³-hybridized carbons (Fsp3) is 0.154. The van der Waals surface area contributed by atoms with Gasteiger partial charge in [0.2, 0.25) is 0 Å². The van der Waals surface area contributed by atoms with Gasteiger partial charge in [0.25, 0.3) is 0 Å². The first-order valence-electron chi connectivity index (χ1n) is 19.6. The molecular formula is C52H44N4. The molecule has 0 aliphatic carbocycles. The van der Waals surface area contributed by atoms with E-state index in [0.717, 1.165) is 33.6 Å². The lowest BCUT2D eigenvalue weighted by molar-refractivity contribution is 0.590. The number of benzene rings is 7. The maximum absolute atomic E-state index is 4.78. The number of nitrogens with zero attached hydrogens (tertiary/aromatic N) is 4. The van der Waals surface area contributed by atoms with Gasteiger partial charge in [-0.25, -0.2) is 0 Å². The first-order chi connectivity index (χ1) is 27.0. The summed E-state index contributed by atoms with van der Waals surface area (Å²) in [5.74, 6) is 0.833. The van der Waals surface area contributed by atoms with E-state index in [9.17, 15) is 0 Å². The second-order valence-corrected chi connectivity index (χ2v) is 17.2. The van der Waals surface area contributed by atoms with E-state index >= 15 is 0 Å². The molecule has 3 aromatic heterocycles. The molecule has 0 amide bonds. The van der Waals surface area contributed by atoms with Crippen molar-refractivity contribution in [2.75, 3.05) is 0 Å². The summed E-state index contributed by atoms with van der Waals surface area (Å²) in [4.78, 5) is 0. The van der Waals surface area contributed by atoms with Crippen molar-refractivity contribution in [3.8, 4) is 39.3 Å². The van der Waals surface area contributed by atoms with E-state index in [1.54, 1.807) is 0 Å². The van der Waals surface area contributed by atoms with Crippen LogP contribution in [0, 0.1) is 0 Å². The second-order valence-electron chi connectivity index (χ2n) is 17.2. The van der Waals surface area contributed by atoms with Crippen LogP contribution in [0.1, 0.15) is 52.7 Å². The Hall–Kier alpha value is -6.52. The van der Waals surface area contributed by atoms with Crippen molar-refractivity contribution in [3.63, 3.8) is 0 Å². The average Bonchev–Trinajstić information content (AvgIpc) is 3.80. The van der Waals surface area contributed by atoms with Gasteiger partial charge < -0.3 is 4.57 Å². The summed E-state index contributed by atoms with van der Waals surface area (Å²) in [6.45, 7) is 13.6. The molecule has 4 heteroatoms. The van der Waals surface area contributed by atoms with E-state index in [2.05, 4.69) is 208 Å². The first-order valence-corrected chi connectivity index (χ1v) is 19.6. The third kappa shape index (κ3) is 5.51. The fourth-order valence-corrected chi connectivity index (χ4v) is 8.43. The highest BCUT2D eigenvalue weighted by molar-refractivity contribution is 6.13. The van der Waals surface area contributed by atoms with Gasteiger partial charge in [0.1, 0.15) is 0 Å². The standard InChI is InChI=1S/C52H44N4/c1-51(2,3)38-23-15-33(16-24-38)36-21-29-47-44(31-36)45-32-37(34-17-25-39(26-18-34)52(4,5)6)22-30-48(45)55(47)40-27-19-35(20-28-40)49-53-54-50-43-13-8-7-11-41(43)42-12-9-10-14-46(42)56(49)50/h7-32H,1-6H3. The molecule has 10 aromatic rings. The Morgan fingerprint density at radius 1 is 0.375 bits per heavy atom. The lowest BCUT2D eigenvalue weighted by atomic mass is 9.86. The molecule has 0 aliphatic heterocycles. The van der Waals surface area contributed by atoms with Gasteiger partial charge in [-0.3, -0.25) is 4.40 Å². The highest BCUT2D eigenvalue weighted by Gasteiger charge is 2.19. The molecule has 0 spiro atoms. The molecule has 0 saturated carbocycles. The lowest BCUT2D eigenvalue weighted by Crippen LogP contribution is -2.10. The fourth-order valence-electron chi connectivity index (χ4n) is 8.43. The van der Waals surface area contributed by atoms with Crippen LogP contribution in [0.25, 0.3) is 88.5 Å². The number of pyridine rings is 1. The van der Waals surface area contributed by atoms with Gasteiger partial charge in [-0.05, 0) is 104 Å². The van der Waals surface area contributed by atoms with E-state index in [4.69, 9.17) is 10.2 Å². The third-order valence-corrected chi connectivity index (χ3v) is 11.6. The minimum Gasteiger partial charge on any atom is -0.309 e. The van der Waals surface area contributed by atoms with E-state index in [-0.39, 0.29) is 10.8 Å². The Kier molecular flexibility index (Phi) is 7.59. The Labute approximate surface area is 327 Å². The number of rotatable bonds is 4. The predicted octanol–water partition coefficient (Wildman–Crippen LogP) is 13.7. The van der Waals surface area contributed by atoms with Crippen molar-refractivity contribution in [1.82, 2.24) is 19.2 Å². The van der Waals surface area contributed by atoms with Crippen molar-refractivity contribution in [3.05, 3.63) is 169 Å². The predicted molar refractivity (Wildman–Crippen MR) is 236 cm³/mol. The van der Waals surface area contributed by atoms with Crippen molar-refractivity contribution in [1.29, 1.82) is 0 Å². The summed E-state index contributed by atoms with van der Waals surface area (Å²) in [6.07, 6.45) is 0. The molecule has 0 radical (unpaired) electrons. The number of hydrogen-bond donors (Lipinski definition) is 0. The van der Waals surface area contributed by atoms with Gasteiger partial charge in [0.05, 0.1) is 16.6 Å². The maximum atomic E-state index is 4.78. The SMILES string of the molecule is CC(C)(C)c1ccc(-c2ccc3c(c2)c2cc(-c4ccc(C(C)(C)C)cc4)ccc2n3-c2ccc(-c3nnc4c5ccccc5c5ccccc5n34)cc2)cc1. The molecule has 0 fully saturated rings. The Bertz CT molecular complexity index is 3000. The molecule has 0 aliphatic rings. The Balaban J connectivity index is 1.12. The van der Waals surface area contributed by atoms with Gasteiger partial charge in [0, 0.05) is 32.8 Å². The van der Waals surface area contributed by atoms with E-state index in [1.807, 2.05) is 0 Å². The van der Waals surface area contributed by atoms with Crippen LogP contribution in [-0.4, -0.2) is 19.2 Å². The molecule has 56 heavy (non-hydrogen) atoms. The maximum Gasteiger partial charge on any atom is 0.169 e. The molecule has 10 rings (SSSR count). The summed E-state index contributed by atoms with van der Waals surface area (Å²) >= 11 is 0. The van der Waals surface area contributed by atoms with Gasteiger partial charge in [-0.15, -0.1) is 10.2 Å². The molecule has 0 N–H and O–H groups in total. The van der Waals surface area contributed by atoms with Gasteiger partial charge in [-0.2, -0.15) is 0 Å². The second kappa shape index (κ2) is 12.5. The monoisotopic (exact) mass is 724 g/mol. The smallest absolute Gasteiger partial charge is 0.169 e. The quantitative estimate of drug-likeness (QED) is 0.169. The summed E-state index contributed by atoms with van der Waals surface area (Å²) in [5, 5.41) is 15.5. The first kappa shape index (κ1) is 34.0. The third-order valence-electron chi connectivity index (χ3n) is 11.6. The van der Waals surface area contributed by atoms with Crippen LogP contribution in [0.4, 0.5) is 0 Å². The number of hydrogen-bond acceptors (Lipinski definition) is 2. The minimum absolute atomic E-state index is 0.107. The van der Waals surface area contributed by atoms with Crippen LogP contribution in [0.3, 0.4) is 0 Å². The number of para-hydroxylation sites is 1. The van der Waals surface area contributed by atoms with Crippen LogP contribution in [0.5, 0.6) is 0 Å². The normalized spacial score (nSPS) is 12.5. The van der Waals surface area contributed by atoms with E-state index < -0.39 is 0 Å². The molecule has 0 saturated heterocycles. The highest BCUT2D eigenvalue weighted by Crippen LogP contribution is 2.39. The van der Waals surface area contributed by atoms with Crippen molar-refractivity contribution >= 4 is 49.1 Å². The summed E-state index contributed by atoms with van der Waals surface area (Å²) in [7, 11) is 0. The summed E-state index contributed by atoms with van der Waals surface area (Å²) < 4.78 is 4.61. The topological polar surface area (TPSA) is 35.1 Å². The summed E-state index contributed by atoms with van der Waals surface area (Å²) in [6, 6.07) is 57.8. The molecule has 0 atom stereocenters. The largest absolute Gasteiger partial charge is 0.309 e. The molecule has 3 heterocycles. The molecule has 4 nitrogen and oxygen atoms in total. The van der Waals surface area contributed by atoms with Gasteiger partial charge >= 0.3 is 0 Å². The number of aromatic nitrogens is 4. The van der Waals surface area contributed by atoms with Gasteiger partial charge in [-0.1, -0.05) is 145 Å². The molecule has 7 aromatic carbocycles. The Morgan fingerprint density at radius 2 is 0.839 bits per heavy atom. The van der Waals surface area contributed by atoms with Gasteiger partial charge in [0.15, 0.2) is 11.5 Å². The van der Waals surface area contributed by atoms with Crippen LogP contribution in [0.2, 0.25) is 0 Å². The average molecular weight is 725 g/mol. The minimum atomic E-state index is 0.107. The molecule has 272 valence electrons. The highest BCUT2D eigenvalue weighted by atomic mass is 15.2. The molecule has 0 bridgehead atoms. The number of fused-ring (bicyclic) bond motifs is 9.